The number of benzene rings is 4. The van der Waals surface area contributed by atoms with Gasteiger partial charge in [0.25, 0.3) is 5.91 Å². The zero-order valence-electron chi connectivity index (χ0n) is 27.9. The Morgan fingerprint density at radius 3 is 2.26 bits per heavy atom. The van der Waals surface area contributed by atoms with E-state index in [1.165, 1.54) is 16.7 Å². The molecule has 0 bridgehead atoms. The minimum Gasteiger partial charge on any atom is -0.496 e. The molecule has 0 radical (unpaired) electrons. The van der Waals surface area contributed by atoms with Crippen molar-refractivity contribution in [3.63, 3.8) is 0 Å². The molecule has 4 aromatic carbocycles. The number of para-hydroxylation sites is 1. The van der Waals surface area contributed by atoms with E-state index in [1.807, 2.05) is 36.9 Å². The highest BCUT2D eigenvalue weighted by atomic mass is 16.7. The van der Waals surface area contributed by atoms with Gasteiger partial charge in [-0.1, -0.05) is 60.7 Å². The number of piperidine rings is 1. The van der Waals surface area contributed by atoms with E-state index in [2.05, 4.69) is 83.0 Å². The Balaban J connectivity index is 1.03. The van der Waals surface area contributed by atoms with Gasteiger partial charge < -0.3 is 24.4 Å². The molecule has 2 aliphatic heterocycles. The number of anilines is 2. The number of hydrogen-bond donors (Lipinski definition) is 1. The summed E-state index contributed by atoms with van der Waals surface area (Å²) in [7, 11) is 1.76. The quantitative estimate of drug-likeness (QED) is 0.151. The molecule has 1 N–H and O–H groups in total. The van der Waals surface area contributed by atoms with E-state index >= 15 is 0 Å². The molecule has 0 aromatic heterocycles. The number of fused-ring (bicyclic) bond motifs is 1. The van der Waals surface area contributed by atoms with Crippen LogP contribution < -0.4 is 15.0 Å². The smallest absolute Gasteiger partial charge is 0.258 e. The summed E-state index contributed by atoms with van der Waals surface area (Å²) in [5.41, 5.74) is 8.67. The number of likely N-dealkylation sites (tertiary alicyclic amines) is 1. The third kappa shape index (κ3) is 7.87. The minimum absolute atomic E-state index is 0.0545. The molecule has 7 nitrogen and oxygen atoms in total. The predicted molar refractivity (Wildman–Crippen MR) is 188 cm³/mol. The molecule has 47 heavy (non-hydrogen) atoms. The number of rotatable bonds is 13. The van der Waals surface area contributed by atoms with Crippen molar-refractivity contribution >= 4 is 17.3 Å². The van der Waals surface area contributed by atoms with Crippen LogP contribution in [0.4, 0.5) is 11.4 Å². The lowest BCUT2D eigenvalue weighted by molar-refractivity contribution is -0.140. The van der Waals surface area contributed by atoms with E-state index in [0.29, 0.717) is 32.2 Å². The highest BCUT2D eigenvalue weighted by Crippen LogP contribution is 2.35. The van der Waals surface area contributed by atoms with Gasteiger partial charge in [0.05, 0.1) is 7.11 Å². The molecule has 0 saturated carbocycles. The first-order valence-corrected chi connectivity index (χ1v) is 17.0. The van der Waals surface area contributed by atoms with Crippen LogP contribution in [-0.2, 0) is 29.0 Å². The number of carbonyl (C=O) groups is 1. The first kappa shape index (κ1) is 32.8. The lowest BCUT2D eigenvalue weighted by Gasteiger charge is -2.32. The Bertz CT molecular complexity index is 1610. The SMILES string of the molecule is CCOC(OCC)c1ccc(CNc2ccc3c(c2)N(C(=O)c2ccc(CN4CCC(c5ccccc5OC)CC4)cc2)CC3)cc1. The predicted octanol–water partition coefficient (Wildman–Crippen LogP) is 7.96. The number of ether oxygens (including phenoxy) is 3. The van der Waals surface area contributed by atoms with Gasteiger partial charge in [0.15, 0.2) is 6.29 Å². The molecule has 1 amide bonds. The molecule has 1 saturated heterocycles. The van der Waals surface area contributed by atoms with E-state index in [1.54, 1.807) is 7.11 Å². The molecule has 7 heteroatoms. The lowest BCUT2D eigenvalue weighted by Crippen LogP contribution is -2.32. The molecule has 246 valence electrons. The second-order valence-corrected chi connectivity index (χ2v) is 12.4. The van der Waals surface area contributed by atoms with Gasteiger partial charge in [0, 0.05) is 55.3 Å². The molecule has 6 rings (SSSR count). The van der Waals surface area contributed by atoms with Gasteiger partial charge in [0.1, 0.15) is 5.75 Å². The van der Waals surface area contributed by atoms with E-state index in [9.17, 15) is 4.79 Å². The van der Waals surface area contributed by atoms with Gasteiger partial charge in [-0.2, -0.15) is 0 Å². The Morgan fingerprint density at radius 2 is 1.55 bits per heavy atom. The van der Waals surface area contributed by atoms with Crippen LogP contribution in [0.5, 0.6) is 5.75 Å². The van der Waals surface area contributed by atoms with Crippen molar-refractivity contribution in [2.75, 3.05) is 50.2 Å². The van der Waals surface area contributed by atoms with Gasteiger partial charge >= 0.3 is 0 Å². The number of amides is 1. The van der Waals surface area contributed by atoms with E-state index in [0.717, 1.165) is 72.7 Å². The van der Waals surface area contributed by atoms with Crippen molar-refractivity contribution in [3.05, 3.63) is 124 Å². The van der Waals surface area contributed by atoms with Crippen molar-refractivity contribution in [1.29, 1.82) is 0 Å². The average Bonchev–Trinajstić information content (AvgIpc) is 3.54. The standard InChI is InChI=1S/C40H47N3O4/c1-4-46-40(47-5-2)34-16-10-29(11-17-34)27-41-35-19-18-32-22-25-43(37(32)26-35)39(44)33-14-12-30(13-15-33)28-42-23-20-31(21-24-42)36-8-6-7-9-38(36)45-3/h6-19,26,31,40-41H,4-5,20-25,27-28H2,1-3H3. The molecule has 0 unspecified atom stereocenters. The second-order valence-electron chi connectivity index (χ2n) is 12.4. The summed E-state index contributed by atoms with van der Waals surface area (Å²) in [5.74, 6) is 1.59. The molecule has 2 heterocycles. The number of methoxy groups -OCH3 is 1. The van der Waals surface area contributed by atoms with Crippen LogP contribution in [0.15, 0.2) is 91.0 Å². The Labute approximate surface area is 279 Å². The van der Waals surface area contributed by atoms with Crippen LogP contribution >= 0.6 is 0 Å². The first-order chi connectivity index (χ1) is 23.1. The summed E-state index contributed by atoms with van der Waals surface area (Å²) < 4.78 is 17.1. The fraction of sp³-hybridized carbons (Fsp3) is 0.375. The maximum absolute atomic E-state index is 13.7. The summed E-state index contributed by atoms with van der Waals surface area (Å²) in [5, 5.41) is 3.54. The van der Waals surface area contributed by atoms with Crippen molar-refractivity contribution in [3.8, 4) is 5.75 Å². The average molecular weight is 634 g/mol. The molecule has 0 spiro atoms. The fourth-order valence-corrected chi connectivity index (χ4v) is 6.81. The highest BCUT2D eigenvalue weighted by Gasteiger charge is 2.27. The largest absolute Gasteiger partial charge is 0.496 e. The van der Waals surface area contributed by atoms with Crippen molar-refractivity contribution in [2.24, 2.45) is 0 Å². The molecular formula is C40H47N3O4. The van der Waals surface area contributed by atoms with Gasteiger partial charge in [-0.25, -0.2) is 0 Å². The van der Waals surface area contributed by atoms with Gasteiger partial charge in [0.2, 0.25) is 0 Å². The van der Waals surface area contributed by atoms with E-state index < -0.39 is 0 Å². The molecule has 4 aromatic rings. The van der Waals surface area contributed by atoms with E-state index in [4.69, 9.17) is 14.2 Å². The summed E-state index contributed by atoms with van der Waals surface area (Å²) in [6.45, 7) is 9.53. The third-order valence-electron chi connectivity index (χ3n) is 9.38. The Hall–Kier alpha value is -4.17. The fourth-order valence-electron chi connectivity index (χ4n) is 6.81. The van der Waals surface area contributed by atoms with Gasteiger partial charge in [-0.05, 0) is 105 Å². The van der Waals surface area contributed by atoms with Crippen LogP contribution in [-0.4, -0.2) is 50.8 Å². The maximum Gasteiger partial charge on any atom is 0.258 e. The number of hydrogen-bond acceptors (Lipinski definition) is 6. The monoisotopic (exact) mass is 633 g/mol. The second kappa shape index (κ2) is 15.6. The maximum atomic E-state index is 13.7. The number of nitrogens with one attached hydrogen (secondary N) is 1. The number of carbonyl (C=O) groups excluding carboxylic acids is 1. The summed E-state index contributed by atoms with van der Waals surface area (Å²) >= 11 is 0. The van der Waals surface area contributed by atoms with Crippen LogP contribution in [0.1, 0.15) is 77.1 Å². The molecular weight excluding hydrogens is 586 g/mol. The summed E-state index contributed by atoms with van der Waals surface area (Å²) in [6.07, 6.45) is 2.78. The van der Waals surface area contributed by atoms with Crippen LogP contribution in [0.3, 0.4) is 0 Å². The highest BCUT2D eigenvalue weighted by molar-refractivity contribution is 6.07. The lowest BCUT2D eigenvalue weighted by atomic mass is 9.88. The minimum atomic E-state index is -0.336. The molecule has 0 atom stereocenters. The van der Waals surface area contributed by atoms with Crippen LogP contribution in [0.2, 0.25) is 0 Å². The number of nitrogens with zero attached hydrogens (tertiary/aromatic N) is 2. The molecule has 2 aliphatic rings. The topological polar surface area (TPSA) is 63.3 Å². The van der Waals surface area contributed by atoms with Crippen LogP contribution in [0, 0.1) is 0 Å². The zero-order chi connectivity index (χ0) is 32.6. The van der Waals surface area contributed by atoms with Crippen molar-refractivity contribution < 1.29 is 19.0 Å². The summed E-state index contributed by atoms with van der Waals surface area (Å²) in [6, 6.07) is 31.3. The van der Waals surface area contributed by atoms with Crippen molar-refractivity contribution in [2.45, 2.75) is 58.4 Å². The normalized spacial score (nSPS) is 15.2. The zero-order valence-corrected chi connectivity index (χ0v) is 27.9. The first-order valence-electron chi connectivity index (χ1n) is 17.0. The molecule has 1 fully saturated rings. The van der Waals surface area contributed by atoms with Gasteiger partial charge in [-0.15, -0.1) is 0 Å². The Kier molecular flexibility index (Phi) is 10.9. The third-order valence-corrected chi connectivity index (χ3v) is 9.38. The molecule has 0 aliphatic carbocycles. The van der Waals surface area contributed by atoms with E-state index in [-0.39, 0.29) is 12.2 Å². The summed E-state index contributed by atoms with van der Waals surface area (Å²) in [4.78, 5) is 18.1. The van der Waals surface area contributed by atoms with Crippen LogP contribution in [0.25, 0.3) is 0 Å². The van der Waals surface area contributed by atoms with Gasteiger partial charge in [-0.3, -0.25) is 9.69 Å². The Morgan fingerprint density at radius 1 is 0.851 bits per heavy atom. The van der Waals surface area contributed by atoms with Crippen molar-refractivity contribution in [1.82, 2.24) is 4.90 Å².